The van der Waals surface area contributed by atoms with Crippen LogP contribution in [0.4, 0.5) is 10.1 Å². The van der Waals surface area contributed by atoms with Gasteiger partial charge in [0.2, 0.25) is 5.91 Å². The number of amides is 1. The maximum atomic E-state index is 14.0. The lowest BCUT2D eigenvalue weighted by Gasteiger charge is -2.44. The molecule has 0 saturated carbocycles. The summed E-state index contributed by atoms with van der Waals surface area (Å²) in [6, 6.07) is 8.98. The van der Waals surface area contributed by atoms with Crippen molar-refractivity contribution in [2.45, 2.75) is 38.8 Å². The highest BCUT2D eigenvalue weighted by molar-refractivity contribution is 6.11. The minimum absolute atomic E-state index is 0.0181. The molecule has 2 bridgehead atoms. The van der Waals surface area contributed by atoms with Crippen LogP contribution in [-0.2, 0) is 16.1 Å². The summed E-state index contributed by atoms with van der Waals surface area (Å²) in [6.45, 7) is 5.69. The number of piperidine rings is 1. The highest BCUT2D eigenvalue weighted by Crippen LogP contribution is 2.36. The number of benzene rings is 1. The number of carbonyl (C=O) groups is 2. The molecule has 0 radical (unpaired) electrons. The fourth-order valence-electron chi connectivity index (χ4n) is 5.29. The number of esters is 1. The molecule has 4 heterocycles. The van der Waals surface area contributed by atoms with Gasteiger partial charge in [-0.2, -0.15) is 0 Å². The molecule has 1 amide bonds. The number of aromatic amines is 1. The van der Waals surface area contributed by atoms with Crippen molar-refractivity contribution < 1.29 is 18.7 Å². The summed E-state index contributed by atoms with van der Waals surface area (Å²) >= 11 is 0. The molecule has 2 aromatic heterocycles. The number of halogens is 1. The number of likely N-dealkylation sites (tertiary alicyclic amines) is 1. The van der Waals surface area contributed by atoms with Gasteiger partial charge in [-0.15, -0.1) is 0 Å². The maximum Gasteiger partial charge on any atom is 0.356 e. The van der Waals surface area contributed by atoms with E-state index >= 15 is 0 Å². The molecule has 2 aliphatic heterocycles. The number of nitrogens with one attached hydrogen (secondary N) is 2. The first kappa shape index (κ1) is 22.3. The van der Waals surface area contributed by atoms with Gasteiger partial charge in [0.25, 0.3) is 5.56 Å². The number of anilines is 1. The van der Waals surface area contributed by atoms with Crippen LogP contribution in [0.1, 0.15) is 42.4 Å². The molecule has 5 rings (SSSR count). The molecule has 8 nitrogen and oxygen atoms in total. The highest BCUT2D eigenvalue weighted by atomic mass is 19.1. The zero-order chi connectivity index (χ0) is 24.0. The molecule has 3 aromatic rings. The normalized spacial score (nSPS) is 20.6. The summed E-state index contributed by atoms with van der Waals surface area (Å²) in [5.41, 5.74) is 1.87. The van der Waals surface area contributed by atoms with E-state index in [0.717, 1.165) is 12.1 Å². The number of rotatable bonds is 5. The molecule has 1 aromatic carbocycles. The van der Waals surface area contributed by atoms with Crippen molar-refractivity contribution in [2.24, 2.45) is 5.92 Å². The first-order valence-corrected chi connectivity index (χ1v) is 11.6. The third-order valence-corrected chi connectivity index (χ3v) is 6.92. The van der Waals surface area contributed by atoms with Gasteiger partial charge in [-0.25, -0.2) is 9.18 Å². The van der Waals surface area contributed by atoms with E-state index < -0.39 is 17.8 Å². The number of hydrogen-bond donors (Lipinski definition) is 2. The van der Waals surface area contributed by atoms with Crippen LogP contribution in [0.15, 0.2) is 41.2 Å². The third kappa shape index (κ3) is 3.90. The first-order chi connectivity index (χ1) is 16.4. The number of fused-ring (bicyclic) bond motifs is 5. The van der Waals surface area contributed by atoms with Crippen LogP contribution in [-0.4, -0.2) is 52.1 Å². The molecular weight excluding hydrogens is 439 g/mol. The lowest BCUT2D eigenvalue weighted by atomic mass is 9.82. The smallest absolute Gasteiger partial charge is 0.356 e. The molecule has 2 aliphatic rings. The number of aromatic nitrogens is 2. The van der Waals surface area contributed by atoms with Crippen molar-refractivity contribution in [3.05, 3.63) is 64.0 Å². The first-order valence-electron chi connectivity index (χ1n) is 11.6. The molecule has 178 valence electrons. The van der Waals surface area contributed by atoms with E-state index in [4.69, 9.17) is 4.74 Å². The van der Waals surface area contributed by atoms with Crippen molar-refractivity contribution in [3.63, 3.8) is 0 Å². The van der Waals surface area contributed by atoms with Crippen molar-refractivity contribution in [2.75, 3.05) is 25.0 Å². The van der Waals surface area contributed by atoms with E-state index in [1.165, 1.54) is 18.2 Å². The Morgan fingerprint density at radius 1 is 1.24 bits per heavy atom. The molecule has 1 fully saturated rings. The Kier molecular flexibility index (Phi) is 5.73. The summed E-state index contributed by atoms with van der Waals surface area (Å²) in [7, 11) is 0. The van der Waals surface area contributed by atoms with Gasteiger partial charge in [-0.3, -0.25) is 14.5 Å². The third-order valence-electron chi connectivity index (χ3n) is 6.92. The van der Waals surface area contributed by atoms with E-state index in [1.807, 2.05) is 17.6 Å². The fraction of sp³-hybridized carbons (Fsp3) is 0.400. The number of ether oxygens (including phenoxy) is 1. The zero-order valence-corrected chi connectivity index (χ0v) is 19.1. The number of H-pyrrole nitrogens is 1. The van der Waals surface area contributed by atoms with E-state index in [1.54, 1.807) is 19.1 Å². The molecule has 0 spiro atoms. The van der Waals surface area contributed by atoms with Gasteiger partial charge in [0.1, 0.15) is 11.5 Å². The molecule has 9 heteroatoms. The summed E-state index contributed by atoms with van der Waals surface area (Å²) in [5.74, 6) is -0.922. The maximum absolute atomic E-state index is 14.0. The Morgan fingerprint density at radius 2 is 2.06 bits per heavy atom. The predicted molar refractivity (Wildman–Crippen MR) is 125 cm³/mol. The zero-order valence-electron chi connectivity index (χ0n) is 19.1. The lowest BCUT2D eigenvalue weighted by molar-refractivity contribution is -0.121. The Bertz CT molecular complexity index is 1330. The SMILES string of the molecule is CCOC(=O)c1[nH]c2ccc(F)cc2c1NC(=O)C(C)N1CC2C[C@@H](C1)c1cccc(=O)n1C2. The minimum atomic E-state index is -0.614. The lowest BCUT2D eigenvalue weighted by Crippen LogP contribution is -2.52. The summed E-state index contributed by atoms with van der Waals surface area (Å²) in [5, 5.41) is 3.27. The Labute approximate surface area is 195 Å². The average Bonchev–Trinajstić information content (AvgIpc) is 3.17. The van der Waals surface area contributed by atoms with Crippen molar-refractivity contribution >= 4 is 28.5 Å². The second kappa shape index (κ2) is 8.72. The second-order valence-corrected chi connectivity index (χ2v) is 9.10. The van der Waals surface area contributed by atoms with Crippen LogP contribution < -0.4 is 10.9 Å². The molecule has 1 saturated heterocycles. The van der Waals surface area contributed by atoms with Gasteiger partial charge in [0, 0.05) is 48.2 Å². The van der Waals surface area contributed by atoms with Gasteiger partial charge in [-0.1, -0.05) is 6.07 Å². The monoisotopic (exact) mass is 466 g/mol. The number of pyridine rings is 1. The van der Waals surface area contributed by atoms with Gasteiger partial charge in [0.15, 0.2) is 0 Å². The van der Waals surface area contributed by atoms with Gasteiger partial charge in [-0.05, 0) is 50.5 Å². The molecule has 3 atom stereocenters. The van der Waals surface area contributed by atoms with Crippen molar-refractivity contribution in [1.82, 2.24) is 14.5 Å². The van der Waals surface area contributed by atoms with E-state index in [2.05, 4.69) is 15.2 Å². The molecular formula is C25H27FN4O4. The Morgan fingerprint density at radius 3 is 2.85 bits per heavy atom. The van der Waals surface area contributed by atoms with Crippen LogP contribution >= 0.6 is 0 Å². The van der Waals surface area contributed by atoms with Gasteiger partial charge < -0.3 is 19.6 Å². The largest absolute Gasteiger partial charge is 0.461 e. The van der Waals surface area contributed by atoms with Crippen LogP contribution in [0.3, 0.4) is 0 Å². The van der Waals surface area contributed by atoms with Crippen LogP contribution in [0, 0.1) is 11.7 Å². The molecule has 0 aliphatic carbocycles. The van der Waals surface area contributed by atoms with Crippen LogP contribution in [0.25, 0.3) is 10.9 Å². The van der Waals surface area contributed by atoms with E-state index in [-0.39, 0.29) is 41.3 Å². The fourth-order valence-corrected chi connectivity index (χ4v) is 5.29. The van der Waals surface area contributed by atoms with Gasteiger partial charge >= 0.3 is 5.97 Å². The Hall–Kier alpha value is -3.46. The topological polar surface area (TPSA) is 96.4 Å². The van der Waals surface area contributed by atoms with Crippen molar-refractivity contribution in [1.29, 1.82) is 0 Å². The van der Waals surface area contributed by atoms with Gasteiger partial charge in [0.05, 0.1) is 18.3 Å². The summed E-state index contributed by atoms with van der Waals surface area (Å²) in [4.78, 5) is 43.2. The van der Waals surface area contributed by atoms with Crippen LogP contribution in [0.5, 0.6) is 0 Å². The molecule has 2 N–H and O–H groups in total. The second-order valence-electron chi connectivity index (χ2n) is 9.10. The number of nitrogens with zero attached hydrogens (tertiary/aromatic N) is 2. The average molecular weight is 467 g/mol. The number of carbonyl (C=O) groups excluding carboxylic acids is 2. The predicted octanol–water partition coefficient (Wildman–Crippen LogP) is 3.09. The summed E-state index contributed by atoms with van der Waals surface area (Å²) in [6.07, 6.45) is 0.989. The minimum Gasteiger partial charge on any atom is -0.461 e. The highest BCUT2D eigenvalue weighted by Gasteiger charge is 2.37. The Balaban J connectivity index is 1.40. The van der Waals surface area contributed by atoms with Crippen molar-refractivity contribution in [3.8, 4) is 0 Å². The van der Waals surface area contributed by atoms with E-state index in [9.17, 15) is 18.8 Å². The molecule has 34 heavy (non-hydrogen) atoms. The standard InChI is InChI=1S/C25H27FN4O4/c1-3-34-25(33)23-22(18-10-17(26)7-8-19(18)27-23)28-24(32)14(2)29-11-15-9-16(13-29)20-5-4-6-21(31)30(20)12-15/h4-8,10,14-16,27H,3,9,11-13H2,1-2H3,(H,28,32)/t14?,15?,16-/m0/s1. The van der Waals surface area contributed by atoms with Crippen LogP contribution in [0.2, 0.25) is 0 Å². The quantitative estimate of drug-likeness (QED) is 0.564. The molecule has 2 unspecified atom stereocenters. The van der Waals surface area contributed by atoms with E-state index in [0.29, 0.717) is 30.5 Å². The number of hydrogen-bond acceptors (Lipinski definition) is 5. The summed E-state index contributed by atoms with van der Waals surface area (Å²) < 4.78 is 20.9.